The number of anilines is 1. The van der Waals surface area contributed by atoms with Gasteiger partial charge in [-0.25, -0.2) is 4.79 Å². The van der Waals surface area contributed by atoms with Gasteiger partial charge in [-0.05, 0) is 18.1 Å². The van der Waals surface area contributed by atoms with E-state index >= 15 is 0 Å². The fourth-order valence-corrected chi connectivity index (χ4v) is 4.30. The number of likely N-dealkylation sites (N-methyl/N-ethyl adjacent to an activating group) is 1. The number of para-hydroxylation sites is 1. The summed E-state index contributed by atoms with van der Waals surface area (Å²) in [6.07, 6.45) is 1.81. The number of urea groups is 1. The first-order valence-corrected chi connectivity index (χ1v) is 9.13. The molecule has 0 aliphatic carbocycles. The fourth-order valence-electron chi connectivity index (χ4n) is 4.30. The predicted molar refractivity (Wildman–Crippen MR) is 101 cm³/mol. The Morgan fingerprint density at radius 1 is 1.04 bits per heavy atom. The van der Waals surface area contributed by atoms with E-state index in [1.165, 1.54) is 0 Å². The summed E-state index contributed by atoms with van der Waals surface area (Å²) in [5.74, 6) is -0.0677. The minimum atomic E-state index is -1.05. The number of amides is 3. The van der Waals surface area contributed by atoms with Crippen LogP contribution >= 0.6 is 0 Å². The number of hydrogen-bond donors (Lipinski definition) is 1. The third kappa shape index (κ3) is 2.09. The van der Waals surface area contributed by atoms with Gasteiger partial charge in [-0.1, -0.05) is 61.9 Å². The average Bonchev–Trinajstić information content (AvgIpc) is 2.98. The SMILES string of the molecule is CCCCN1C(=O)NC2c3ccccc3N(C)C(=O)C21c1ccccc1. The molecule has 5 nitrogen and oxygen atoms in total. The molecule has 4 rings (SSSR count). The van der Waals surface area contributed by atoms with Gasteiger partial charge in [-0.3, -0.25) is 4.79 Å². The first kappa shape index (κ1) is 16.6. The van der Waals surface area contributed by atoms with E-state index in [0.717, 1.165) is 29.7 Å². The van der Waals surface area contributed by atoms with Crippen LogP contribution in [0.2, 0.25) is 0 Å². The molecule has 2 heterocycles. The zero-order valence-corrected chi connectivity index (χ0v) is 15.1. The number of carbonyl (C=O) groups excluding carboxylic acids is 2. The molecule has 0 spiro atoms. The molecule has 0 saturated carbocycles. The summed E-state index contributed by atoms with van der Waals surface area (Å²) in [5.41, 5.74) is 1.64. The molecule has 3 amide bonds. The summed E-state index contributed by atoms with van der Waals surface area (Å²) >= 11 is 0. The summed E-state index contributed by atoms with van der Waals surface area (Å²) in [6, 6.07) is 16.9. The minimum absolute atomic E-state index is 0.0677. The third-order valence-corrected chi connectivity index (χ3v) is 5.55. The maximum atomic E-state index is 13.7. The lowest BCUT2D eigenvalue weighted by atomic mass is 9.75. The van der Waals surface area contributed by atoms with Gasteiger partial charge in [0.2, 0.25) is 0 Å². The van der Waals surface area contributed by atoms with Gasteiger partial charge in [-0.15, -0.1) is 0 Å². The Morgan fingerprint density at radius 2 is 1.73 bits per heavy atom. The van der Waals surface area contributed by atoms with Gasteiger partial charge in [0.05, 0.1) is 6.04 Å². The van der Waals surface area contributed by atoms with Gasteiger partial charge < -0.3 is 15.1 Å². The molecule has 2 atom stereocenters. The lowest BCUT2D eigenvalue weighted by molar-refractivity contribution is -0.130. The molecule has 1 fully saturated rings. The molecule has 2 aliphatic heterocycles. The smallest absolute Gasteiger partial charge is 0.319 e. The van der Waals surface area contributed by atoms with Crippen LogP contribution in [0, 0.1) is 0 Å². The number of nitrogens with zero attached hydrogens (tertiary/aromatic N) is 2. The lowest BCUT2D eigenvalue weighted by Crippen LogP contribution is -2.59. The van der Waals surface area contributed by atoms with E-state index in [1.54, 1.807) is 16.8 Å². The summed E-state index contributed by atoms with van der Waals surface area (Å²) in [5, 5.41) is 3.10. The van der Waals surface area contributed by atoms with E-state index in [1.807, 2.05) is 54.6 Å². The molecular formula is C21H23N3O2. The lowest BCUT2D eigenvalue weighted by Gasteiger charge is -2.46. The quantitative estimate of drug-likeness (QED) is 0.919. The van der Waals surface area contributed by atoms with Crippen LogP contribution in [0.25, 0.3) is 0 Å². The third-order valence-electron chi connectivity index (χ3n) is 5.55. The monoisotopic (exact) mass is 349 g/mol. The van der Waals surface area contributed by atoms with Gasteiger partial charge in [0, 0.05) is 24.8 Å². The normalized spacial score (nSPS) is 24.3. The van der Waals surface area contributed by atoms with E-state index in [0.29, 0.717) is 6.54 Å². The van der Waals surface area contributed by atoms with Crippen molar-refractivity contribution in [3.63, 3.8) is 0 Å². The van der Waals surface area contributed by atoms with Crippen LogP contribution < -0.4 is 10.2 Å². The van der Waals surface area contributed by atoms with Crippen molar-refractivity contribution in [1.82, 2.24) is 10.2 Å². The molecule has 2 aliphatic rings. The molecule has 1 saturated heterocycles. The molecule has 0 radical (unpaired) electrons. The summed E-state index contributed by atoms with van der Waals surface area (Å²) in [4.78, 5) is 30.1. The van der Waals surface area contributed by atoms with Crippen LogP contribution in [-0.2, 0) is 10.3 Å². The van der Waals surface area contributed by atoms with Crippen LogP contribution in [0.5, 0.6) is 0 Å². The van der Waals surface area contributed by atoms with Crippen LogP contribution in [0.1, 0.15) is 36.9 Å². The second-order valence-electron chi connectivity index (χ2n) is 6.94. The van der Waals surface area contributed by atoms with Crippen LogP contribution in [0.4, 0.5) is 10.5 Å². The zero-order valence-electron chi connectivity index (χ0n) is 15.1. The molecule has 2 unspecified atom stereocenters. The Balaban J connectivity index is 1.98. The molecule has 0 aromatic heterocycles. The van der Waals surface area contributed by atoms with Gasteiger partial charge in [0.25, 0.3) is 5.91 Å². The first-order chi connectivity index (χ1) is 12.6. The second kappa shape index (κ2) is 6.16. The van der Waals surface area contributed by atoms with E-state index in [-0.39, 0.29) is 11.9 Å². The molecule has 5 heteroatoms. The molecule has 0 bridgehead atoms. The Labute approximate surface area is 153 Å². The molecule has 2 aromatic carbocycles. The minimum Gasteiger partial charge on any atom is -0.328 e. The Morgan fingerprint density at radius 3 is 2.46 bits per heavy atom. The highest BCUT2D eigenvalue weighted by atomic mass is 16.2. The van der Waals surface area contributed by atoms with Crippen molar-refractivity contribution in [1.29, 1.82) is 0 Å². The zero-order chi connectivity index (χ0) is 18.3. The van der Waals surface area contributed by atoms with Gasteiger partial charge >= 0.3 is 6.03 Å². The van der Waals surface area contributed by atoms with Crippen molar-refractivity contribution in [3.05, 3.63) is 65.7 Å². The summed E-state index contributed by atoms with van der Waals surface area (Å²) in [6.45, 7) is 2.64. The fraction of sp³-hybridized carbons (Fsp3) is 0.333. The number of nitrogens with one attached hydrogen (secondary N) is 1. The van der Waals surface area contributed by atoms with Crippen molar-refractivity contribution in [3.8, 4) is 0 Å². The number of carbonyl (C=O) groups is 2. The highest BCUT2D eigenvalue weighted by Crippen LogP contribution is 2.51. The van der Waals surface area contributed by atoms with Crippen molar-refractivity contribution < 1.29 is 9.59 Å². The van der Waals surface area contributed by atoms with Gasteiger partial charge in [0.15, 0.2) is 5.54 Å². The molecule has 26 heavy (non-hydrogen) atoms. The number of unbranched alkanes of at least 4 members (excludes halogenated alkanes) is 1. The average molecular weight is 349 g/mol. The van der Waals surface area contributed by atoms with E-state index in [2.05, 4.69) is 12.2 Å². The molecule has 2 aromatic rings. The summed E-state index contributed by atoms with van der Waals surface area (Å²) in [7, 11) is 1.79. The van der Waals surface area contributed by atoms with Crippen molar-refractivity contribution in [2.75, 3.05) is 18.5 Å². The van der Waals surface area contributed by atoms with Crippen molar-refractivity contribution in [2.24, 2.45) is 0 Å². The number of benzene rings is 2. The van der Waals surface area contributed by atoms with E-state index < -0.39 is 11.6 Å². The first-order valence-electron chi connectivity index (χ1n) is 9.13. The highest BCUT2D eigenvalue weighted by molar-refractivity contribution is 6.08. The van der Waals surface area contributed by atoms with Gasteiger partial charge in [0.1, 0.15) is 0 Å². The highest BCUT2D eigenvalue weighted by Gasteiger charge is 2.63. The number of hydrogen-bond acceptors (Lipinski definition) is 2. The van der Waals surface area contributed by atoms with Gasteiger partial charge in [-0.2, -0.15) is 0 Å². The molecular weight excluding hydrogens is 326 g/mol. The van der Waals surface area contributed by atoms with Crippen LogP contribution in [-0.4, -0.2) is 30.4 Å². The maximum Gasteiger partial charge on any atom is 0.319 e. The predicted octanol–water partition coefficient (Wildman–Crippen LogP) is 3.42. The Hall–Kier alpha value is -2.82. The Kier molecular flexibility index (Phi) is 3.94. The van der Waals surface area contributed by atoms with Crippen molar-refractivity contribution in [2.45, 2.75) is 31.3 Å². The number of rotatable bonds is 4. The van der Waals surface area contributed by atoms with Crippen LogP contribution in [0.15, 0.2) is 54.6 Å². The largest absolute Gasteiger partial charge is 0.328 e. The molecule has 1 N–H and O–H groups in total. The number of fused-ring (bicyclic) bond motifs is 3. The maximum absolute atomic E-state index is 13.7. The second-order valence-corrected chi connectivity index (χ2v) is 6.94. The van der Waals surface area contributed by atoms with E-state index in [9.17, 15) is 9.59 Å². The van der Waals surface area contributed by atoms with Crippen molar-refractivity contribution >= 4 is 17.6 Å². The van der Waals surface area contributed by atoms with Crippen LogP contribution in [0.3, 0.4) is 0 Å². The standard InChI is InChI=1S/C21H23N3O2/c1-3-4-14-24-20(26)22-18-16-12-8-9-13-17(16)23(2)19(25)21(18,24)15-10-6-5-7-11-15/h5-13,18H,3-4,14H2,1-2H3,(H,22,26). The summed E-state index contributed by atoms with van der Waals surface area (Å²) < 4.78 is 0. The van der Waals surface area contributed by atoms with E-state index in [4.69, 9.17) is 0 Å². The topological polar surface area (TPSA) is 52.7 Å². The Bertz CT molecular complexity index is 851. The molecule has 134 valence electrons.